The van der Waals surface area contributed by atoms with Crippen molar-refractivity contribution in [1.82, 2.24) is 0 Å². The molecule has 0 bridgehead atoms. The van der Waals surface area contributed by atoms with E-state index in [1.807, 2.05) is 3.28 Å². The van der Waals surface area contributed by atoms with Crippen LogP contribution in [0.15, 0.2) is 87.2 Å². The number of fused-ring (bicyclic) bond motifs is 3. The molecule has 0 N–H and O–H groups in total. The summed E-state index contributed by atoms with van der Waals surface area (Å²) >= 11 is -2.49. The topological polar surface area (TPSA) is 0 Å². The van der Waals surface area contributed by atoms with Gasteiger partial charge in [0.15, 0.2) is 0 Å². The third-order valence-electron chi connectivity index (χ3n) is 8.24. The van der Waals surface area contributed by atoms with E-state index in [0.717, 1.165) is 12.8 Å². The van der Waals surface area contributed by atoms with Crippen molar-refractivity contribution in [1.29, 1.82) is 0 Å². The Hall–Kier alpha value is -1.53. The number of allylic oxidation sites excluding steroid dienone is 4. The van der Waals surface area contributed by atoms with Crippen LogP contribution >= 0.6 is 0 Å². The number of aryl methyl sites for hydroxylation is 1. The molecule has 2 aliphatic carbocycles. The number of hydrogen-bond acceptors (Lipinski definition) is 0. The van der Waals surface area contributed by atoms with E-state index in [1.165, 1.54) is 34.2 Å². The van der Waals surface area contributed by atoms with Crippen LogP contribution in [0.5, 0.6) is 0 Å². The SMILES string of the molecule is CCC1=[C](/[Zr+2](=[C](\C)c2ccc(C)cc2)[c]2cccc3c2Cc2ccccc2-3)C(CC)C=C1C(C)(C)C.[Cl-].[Cl-]. The first-order valence-corrected chi connectivity index (χ1v) is 17.4. The maximum Gasteiger partial charge on any atom is -1.00 e. The summed E-state index contributed by atoms with van der Waals surface area (Å²) in [7, 11) is 0. The average molecular weight is 623 g/mol. The van der Waals surface area contributed by atoms with Crippen molar-refractivity contribution in [3.63, 3.8) is 0 Å². The molecule has 0 amide bonds. The van der Waals surface area contributed by atoms with Gasteiger partial charge in [-0.25, -0.2) is 0 Å². The van der Waals surface area contributed by atoms with E-state index in [2.05, 4.69) is 121 Å². The van der Waals surface area contributed by atoms with E-state index in [-0.39, 0.29) is 30.2 Å². The molecule has 0 aromatic heterocycles. The van der Waals surface area contributed by atoms with E-state index in [9.17, 15) is 0 Å². The molecule has 0 aliphatic heterocycles. The summed E-state index contributed by atoms with van der Waals surface area (Å²) in [4.78, 5) is 0. The van der Waals surface area contributed by atoms with Crippen LogP contribution < -0.4 is 28.1 Å². The van der Waals surface area contributed by atoms with E-state index in [0.29, 0.717) is 5.92 Å². The Morgan fingerprint density at radius 3 is 2.16 bits per heavy atom. The normalized spacial score (nSPS) is 16.2. The zero-order valence-corrected chi connectivity index (χ0v) is 27.9. The second-order valence-electron chi connectivity index (χ2n) is 11.6. The van der Waals surface area contributed by atoms with Crippen LogP contribution in [0.4, 0.5) is 0 Å². The van der Waals surface area contributed by atoms with Gasteiger partial charge in [0.2, 0.25) is 0 Å². The third kappa shape index (κ3) is 5.54. The molecule has 3 aromatic carbocycles. The molecule has 0 saturated heterocycles. The first-order chi connectivity index (χ1) is 17.2. The molecule has 198 valence electrons. The Bertz CT molecular complexity index is 1420. The Morgan fingerprint density at radius 1 is 0.868 bits per heavy atom. The van der Waals surface area contributed by atoms with Crippen molar-refractivity contribution >= 4 is 6.48 Å². The minimum atomic E-state index is -2.49. The van der Waals surface area contributed by atoms with E-state index in [1.54, 1.807) is 23.2 Å². The summed E-state index contributed by atoms with van der Waals surface area (Å²) in [6, 6.07) is 25.6. The Labute approximate surface area is 250 Å². The van der Waals surface area contributed by atoms with Crippen LogP contribution in [0, 0.1) is 18.3 Å². The van der Waals surface area contributed by atoms with Crippen molar-refractivity contribution in [2.75, 3.05) is 0 Å². The van der Waals surface area contributed by atoms with Gasteiger partial charge in [0, 0.05) is 0 Å². The number of rotatable bonds is 5. The molecule has 0 nitrogen and oxygen atoms in total. The molecule has 0 fully saturated rings. The maximum atomic E-state index is 2.66. The van der Waals surface area contributed by atoms with Crippen LogP contribution in [-0.2, 0) is 27.7 Å². The molecule has 38 heavy (non-hydrogen) atoms. The van der Waals surface area contributed by atoms with Crippen molar-refractivity contribution in [3.05, 3.63) is 109 Å². The van der Waals surface area contributed by atoms with Gasteiger partial charge in [-0.05, 0) is 0 Å². The van der Waals surface area contributed by atoms with E-state index < -0.39 is 21.3 Å². The fraction of sp³-hybridized carbons (Fsp3) is 0.343. The van der Waals surface area contributed by atoms with Gasteiger partial charge in [-0.1, -0.05) is 0 Å². The minimum Gasteiger partial charge on any atom is -1.00 e. The summed E-state index contributed by atoms with van der Waals surface area (Å²) in [5.41, 5.74) is 12.3. The van der Waals surface area contributed by atoms with Crippen LogP contribution in [0.3, 0.4) is 0 Å². The van der Waals surface area contributed by atoms with E-state index in [4.69, 9.17) is 0 Å². The van der Waals surface area contributed by atoms with Gasteiger partial charge in [-0.2, -0.15) is 0 Å². The quantitative estimate of drug-likeness (QED) is 0.321. The molecule has 1 unspecified atom stereocenters. The molecule has 5 rings (SSSR count). The smallest absolute Gasteiger partial charge is 1.00 e. The summed E-state index contributed by atoms with van der Waals surface area (Å²) < 4.78 is 5.21. The second kappa shape index (κ2) is 12.3. The molecule has 0 spiro atoms. The van der Waals surface area contributed by atoms with Gasteiger partial charge >= 0.3 is 227 Å². The van der Waals surface area contributed by atoms with Crippen molar-refractivity contribution in [2.24, 2.45) is 11.3 Å². The predicted octanol–water partition coefficient (Wildman–Crippen LogP) is 2.73. The Morgan fingerprint density at radius 2 is 1.53 bits per heavy atom. The monoisotopic (exact) mass is 620 g/mol. The molecule has 3 aromatic rings. The first kappa shape index (κ1) is 31.0. The Kier molecular flexibility index (Phi) is 10.1. The predicted molar refractivity (Wildman–Crippen MR) is 154 cm³/mol. The van der Waals surface area contributed by atoms with Gasteiger partial charge in [-0.15, -0.1) is 0 Å². The van der Waals surface area contributed by atoms with Gasteiger partial charge in [0.1, 0.15) is 0 Å². The van der Waals surface area contributed by atoms with Crippen molar-refractivity contribution in [3.8, 4) is 11.1 Å². The molecule has 1 atom stereocenters. The minimum absolute atomic E-state index is 0. The summed E-state index contributed by atoms with van der Waals surface area (Å²) in [5, 5.41) is 0. The second-order valence-corrected chi connectivity index (χ2v) is 18.0. The molecule has 3 heteroatoms. The summed E-state index contributed by atoms with van der Waals surface area (Å²) in [6.07, 6.45) is 6.07. The molecule has 0 heterocycles. The van der Waals surface area contributed by atoms with Crippen LogP contribution in [0.1, 0.15) is 76.6 Å². The zero-order valence-electron chi connectivity index (χ0n) is 23.9. The Balaban J connectivity index is 0.00000200. The van der Waals surface area contributed by atoms with Crippen LogP contribution in [0.2, 0.25) is 0 Å². The number of halogens is 2. The standard InChI is InChI=1S/C13H9.C13H21.C9H10.2ClH.Zr/c1-3-7-12-10(5-1)9-11-6-2-4-8-13(11)12;1-6-10-8-11(7-2)12(9-10)13(3,4)5;1-3-9-6-4-8(2)5-7-9;;;/h1-5,7-8H,9H2;9-10H,6-7H2,1-5H3;4-7H,1-2H3;2*1H;/q;;;;;+2/p-2. The zero-order chi connectivity index (χ0) is 25.6. The summed E-state index contributed by atoms with van der Waals surface area (Å²) in [5.74, 6) is 0.573. The average Bonchev–Trinajstić information content (AvgIpc) is 3.43. The molecule has 0 radical (unpaired) electrons. The molecular weight excluding hydrogens is 583 g/mol. The van der Waals surface area contributed by atoms with Crippen molar-refractivity contribution in [2.45, 2.75) is 67.7 Å². The van der Waals surface area contributed by atoms with Gasteiger partial charge in [-0.3, -0.25) is 0 Å². The number of hydrogen-bond donors (Lipinski definition) is 0. The van der Waals surface area contributed by atoms with Crippen LogP contribution in [-0.4, -0.2) is 3.21 Å². The fourth-order valence-corrected chi connectivity index (χ4v) is 15.3. The summed E-state index contributed by atoms with van der Waals surface area (Å²) in [6.45, 7) is 16.7. The largest absolute Gasteiger partial charge is 1.00 e. The van der Waals surface area contributed by atoms with E-state index >= 15 is 0 Å². The molecule has 2 aliphatic rings. The first-order valence-electron chi connectivity index (χ1n) is 13.7. The van der Waals surface area contributed by atoms with Gasteiger partial charge in [0.25, 0.3) is 0 Å². The van der Waals surface area contributed by atoms with Gasteiger partial charge < -0.3 is 24.8 Å². The van der Waals surface area contributed by atoms with Crippen molar-refractivity contribution < 1.29 is 46.1 Å². The fourth-order valence-electron chi connectivity index (χ4n) is 6.38. The number of benzene rings is 3. The maximum absolute atomic E-state index is 2.66. The van der Waals surface area contributed by atoms with Gasteiger partial charge in [0.05, 0.1) is 0 Å². The van der Waals surface area contributed by atoms with Crippen LogP contribution in [0.25, 0.3) is 11.1 Å². The third-order valence-corrected chi connectivity index (χ3v) is 16.2. The molecule has 0 saturated carbocycles. The molecular formula is C35H40Cl2Zr.